The molecular weight excluding hydrogens is 390 g/mol. The van der Waals surface area contributed by atoms with Crippen molar-refractivity contribution in [3.05, 3.63) is 52.1 Å². The molecule has 1 aromatic carbocycles. The minimum absolute atomic E-state index is 0.126. The maximum Gasteiger partial charge on any atom is 0.338 e. The Morgan fingerprint density at radius 1 is 1.41 bits per heavy atom. The second-order valence-corrected chi connectivity index (χ2v) is 6.89. The van der Waals surface area contributed by atoms with Crippen LogP contribution in [0.3, 0.4) is 0 Å². The highest BCUT2D eigenvalue weighted by Crippen LogP contribution is 2.34. The normalized spacial score (nSPS) is 11.0. The molecule has 3 aromatic heterocycles. The highest BCUT2D eigenvalue weighted by molar-refractivity contribution is 7.17. The molecule has 136 valence electrons. The van der Waals surface area contributed by atoms with Gasteiger partial charge in [0.05, 0.1) is 17.3 Å². The predicted molar refractivity (Wildman–Crippen MR) is 100 cm³/mol. The third kappa shape index (κ3) is 3.34. The number of hydrogen-bond acceptors (Lipinski definition) is 7. The van der Waals surface area contributed by atoms with Crippen molar-refractivity contribution >= 4 is 39.0 Å². The standard InChI is InChI=1S/C17H12ClN5O3S/c1-23-21-16(20-22-23)9-3-2-4-11(5-9)26-7-10-8-27-14-12(17(24)25)6-19-15(18)13(10)14/h2-6,8H,7H2,1H3,(H,24,25). The lowest BCUT2D eigenvalue weighted by Gasteiger charge is -2.07. The van der Waals surface area contributed by atoms with E-state index in [9.17, 15) is 9.90 Å². The molecule has 4 aromatic rings. The Hall–Kier alpha value is -3.04. The number of ether oxygens (including phenoxy) is 1. The van der Waals surface area contributed by atoms with E-state index < -0.39 is 5.97 Å². The van der Waals surface area contributed by atoms with Gasteiger partial charge in [-0.1, -0.05) is 23.7 Å². The van der Waals surface area contributed by atoms with Gasteiger partial charge in [0, 0.05) is 22.7 Å². The number of aromatic carboxylic acids is 1. The van der Waals surface area contributed by atoms with Crippen molar-refractivity contribution in [2.75, 3.05) is 0 Å². The van der Waals surface area contributed by atoms with Crippen molar-refractivity contribution in [2.45, 2.75) is 6.61 Å². The Morgan fingerprint density at radius 2 is 2.26 bits per heavy atom. The zero-order valence-corrected chi connectivity index (χ0v) is 15.5. The molecule has 0 radical (unpaired) electrons. The molecule has 8 nitrogen and oxygen atoms in total. The molecule has 0 amide bonds. The predicted octanol–water partition coefficient (Wildman–Crippen LogP) is 3.42. The molecule has 0 fully saturated rings. The minimum atomic E-state index is -1.04. The lowest BCUT2D eigenvalue weighted by Crippen LogP contribution is -1.99. The fraction of sp³-hybridized carbons (Fsp3) is 0.118. The average Bonchev–Trinajstić information content (AvgIpc) is 3.27. The van der Waals surface area contributed by atoms with E-state index in [-0.39, 0.29) is 17.3 Å². The summed E-state index contributed by atoms with van der Waals surface area (Å²) in [6.07, 6.45) is 1.27. The molecule has 0 atom stereocenters. The van der Waals surface area contributed by atoms with Crippen LogP contribution in [0.25, 0.3) is 21.5 Å². The topological polar surface area (TPSA) is 103 Å². The van der Waals surface area contributed by atoms with E-state index in [1.54, 1.807) is 7.05 Å². The van der Waals surface area contributed by atoms with Gasteiger partial charge in [-0.05, 0) is 22.7 Å². The quantitative estimate of drug-likeness (QED) is 0.511. The van der Waals surface area contributed by atoms with Crippen LogP contribution >= 0.6 is 22.9 Å². The van der Waals surface area contributed by atoms with Gasteiger partial charge in [-0.15, -0.1) is 21.5 Å². The third-order valence-corrected chi connectivity index (χ3v) is 5.20. The van der Waals surface area contributed by atoms with Crippen LogP contribution in [0, 0.1) is 0 Å². The van der Waals surface area contributed by atoms with Crippen LogP contribution in [0.1, 0.15) is 15.9 Å². The molecule has 1 N–H and O–H groups in total. The minimum Gasteiger partial charge on any atom is -0.489 e. The maximum atomic E-state index is 11.4. The zero-order chi connectivity index (χ0) is 19.0. The van der Waals surface area contributed by atoms with Crippen LogP contribution in [-0.2, 0) is 13.7 Å². The van der Waals surface area contributed by atoms with Crippen molar-refractivity contribution in [3.8, 4) is 17.1 Å². The molecule has 0 saturated heterocycles. The Labute approximate surface area is 162 Å². The first-order valence-corrected chi connectivity index (χ1v) is 9.04. The largest absolute Gasteiger partial charge is 0.489 e. The summed E-state index contributed by atoms with van der Waals surface area (Å²) in [6, 6.07) is 7.33. The van der Waals surface area contributed by atoms with E-state index in [2.05, 4.69) is 20.4 Å². The number of thiophene rings is 1. The first-order valence-electron chi connectivity index (χ1n) is 7.78. The van der Waals surface area contributed by atoms with Crippen LogP contribution < -0.4 is 4.74 Å². The van der Waals surface area contributed by atoms with Gasteiger partial charge < -0.3 is 9.84 Å². The number of carboxylic acids is 1. The van der Waals surface area contributed by atoms with Crippen molar-refractivity contribution in [1.29, 1.82) is 0 Å². The number of halogens is 1. The van der Waals surface area contributed by atoms with E-state index >= 15 is 0 Å². The molecule has 0 spiro atoms. The Balaban J connectivity index is 1.61. The molecule has 10 heteroatoms. The lowest BCUT2D eigenvalue weighted by molar-refractivity contribution is 0.0699. The third-order valence-electron chi connectivity index (χ3n) is 3.85. The summed E-state index contributed by atoms with van der Waals surface area (Å²) in [5, 5.41) is 24.0. The second kappa shape index (κ2) is 6.93. The van der Waals surface area contributed by atoms with Gasteiger partial charge in [0.25, 0.3) is 0 Å². The van der Waals surface area contributed by atoms with Crippen LogP contribution in [0.2, 0.25) is 5.15 Å². The van der Waals surface area contributed by atoms with Gasteiger partial charge in [-0.3, -0.25) is 0 Å². The fourth-order valence-corrected chi connectivity index (χ4v) is 3.99. The fourth-order valence-electron chi connectivity index (χ4n) is 2.61. The van der Waals surface area contributed by atoms with E-state index in [0.717, 1.165) is 11.1 Å². The molecule has 0 saturated carbocycles. The number of carbonyl (C=O) groups is 1. The molecular formula is C17H12ClN5O3S. The maximum absolute atomic E-state index is 11.4. The lowest BCUT2D eigenvalue weighted by atomic mass is 10.1. The Morgan fingerprint density at radius 3 is 3.00 bits per heavy atom. The molecule has 3 heterocycles. The van der Waals surface area contributed by atoms with Crippen molar-refractivity contribution < 1.29 is 14.6 Å². The van der Waals surface area contributed by atoms with Gasteiger partial charge >= 0.3 is 5.97 Å². The number of pyridine rings is 1. The van der Waals surface area contributed by atoms with Crippen molar-refractivity contribution in [2.24, 2.45) is 7.05 Å². The smallest absolute Gasteiger partial charge is 0.338 e. The van der Waals surface area contributed by atoms with Gasteiger partial charge in [-0.25, -0.2) is 9.78 Å². The monoisotopic (exact) mass is 401 g/mol. The highest BCUT2D eigenvalue weighted by Gasteiger charge is 2.17. The number of hydrogen-bond donors (Lipinski definition) is 1. The Bertz CT molecular complexity index is 1160. The van der Waals surface area contributed by atoms with E-state index in [0.29, 0.717) is 21.7 Å². The Kier molecular flexibility index (Phi) is 4.46. The van der Waals surface area contributed by atoms with Gasteiger partial charge in [0.1, 0.15) is 17.5 Å². The highest BCUT2D eigenvalue weighted by atomic mass is 35.5. The summed E-state index contributed by atoms with van der Waals surface area (Å²) in [5.74, 6) is 0.0858. The molecule has 0 aliphatic heterocycles. The van der Waals surface area contributed by atoms with Gasteiger partial charge in [0.15, 0.2) is 0 Å². The summed E-state index contributed by atoms with van der Waals surface area (Å²) >= 11 is 7.50. The van der Waals surface area contributed by atoms with Crippen LogP contribution in [0.15, 0.2) is 35.8 Å². The van der Waals surface area contributed by atoms with Crippen LogP contribution in [0.4, 0.5) is 0 Å². The van der Waals surface area contributed by atoms with E-state index in [4.69, 9.17) is 16.3 Å². The average molecular weight is 402 g/mol. The van der Waals surface area contributed by atoms with Gasteiger partial charge in [-0.2, -0.15) is 4.80 Å². The summed E-state index contributed by atoms with van der Waals surface area (Å²) in [5.41, 5.74) is 1.68. The van der Waals surface area contributed by atoms with Crippen molar-refractivity contribution in [3.63, 3.8) is 0 Å². The van der Waals surface area contributed by atoms with Crippen LogP contribution in [-0.4, -0.2) is 36.3 Å². The SMILES string of the molecule is Cn1nnc(-c2cccc(OCc3csc4c(C(=O)O)cnc(Cl)c34)c2)n1. The number of rotatable bonds is 5. The summed E-state index contributed by atoms with van der Waals surface area (Å²) in [4.78, 5) is 16.7. The number of aromatic nitrogens is 5. The van der Waals surface area contributed by atoms with Crippen LogP contribution in [0.5, 0.6) is 5.75 Å². The van der Waals surface area contributed by atoms with E-state index in [1.807, 2.05) is 29.6 Å². The first-order chi connectivity index (χ1) is 13.0. The number of tetrazole rings is 1. The number of fused-ring (bicyclic) bond motifs is 1. The first kappa shape index (κ1) is 17.4. The van der Waals surface area contributed by atoms with Gasteiger partial charge in [0.2, 0.25) is 5.82 Å². The second-order valence-electron chi connectivity index (χ2n) is 5.65. The molecule has 27 heavy (non-hydrogen) atoms. The summed E-state index contributed by atoms with van der Waals surface area (Å²) in [7, 11) is 1.70. The number of carboxylic acid groups (broad SMARTS) is 1. The summed E-state index contributed by atoms with van der Waals surface area (Å²) in [6.45, 7) is 0.224. The molecule has 0 bridgehead atoms. The molecule has 4 rings (SSSR count). The summed E-state index contributed by atoms with van der Waals surface area (Å²) < 4.78 is 6.45. The molecule has 0 aliphatic carbocycles. The number of aryl methyl sites for hydroxylation is 1. The number of benzene rings is 1. The van der Waals surface area contributed by atoms with E-state index in [1.165, 1.54) is 22.3 Å². The zero-order valence-electron chi connectivity index (χ0n) is 14.0. The number of nitrogens with zero attached hydrogens (tertiary/aromatic N) is 5. The molecule has 0 aliphatic rings. The molecule has 0 unspecified atom stereocenters. The van der Waals surface area contributed by atoms with Crippen molar-refractivity contribution in [1.82, 2.24) is 25.2 Å².